The van der Waals surface area contributed by atoms with E-state index in [0.717, 1.165) is 33.3 Å². The lowest BCUT2D eigenvalue weighted by Gasteiger charge is -2.14. The molecular weight excluding hydrogens is 472 g/mol. The number of nitrogen functional groups attached to an aromatic ring is 1. The first kappa shape index (κ1) is 23.4. The van der Waals surface area contributed by atoms with Crippen LogP contribution in [0, 0.1) is 6.92 Å². The Balaban J connectivity index is 1.50. The number of fused-ring (bicyclic) bond motifs is 2. The third kappa shape index (κ3) is 4.25. The molecule has 5 aromatic rings. The number of hydrogen-bond donors (Lipinski definition) is 2. The molecule has 0 spiro atoms. The predicted molar refractivity (Wildman–Crippen MR) is 144 cm³/mol. The second kappa shape index (κ2) is 9.35. The van der Waals surface area contributed by atoms with Crippen LogP contribution in [0.2, 0.25) is 0 Å². The SMILES string of the molecule is Cc1ccc2c(Cc3cccc(C(=O)N(C)C)c3)nccc2c1NC(=O)c1csc2c(N)ncnc12. The van der Waals surface area contributed by atoms with E-state index in [-0.39, 0.29) is 11.8 Å². The number of hydrogen-bond acceptors (Lipinski definition) is 7. The number of nitrogens with zero attached hydrogens (tertiary/aromatic N) is 4. The van der Waals surface area contributed by atoms with Gasteiger partial charge in [0.05, 0.1) is 27.2 Å². The summed E-state index contributed by atoms with van der Waals surface area (Å²) < 4.78 is 0.693. The van der Waals surface area contributed by atoms with Crippen molar-refractivity contribution < 1.29 is 9.59 Å². The van der Waals surface area contributed by atoms with Crippen LogP contribution in [0.25, 0.3) is 21.0 Å². The lowest BCUT2D eigenvalue weighted by molar-refractivity contribution is 0.0827. The van der Waals surface area contributed by atoms with Crippen LogP contribution in [0.5, 0.6) is 0 Å². The van der Waals surface area contributed by atoms with Crippen molar-refractivity contribution in [2.24, 2.45) is 0 Å². The monoisotopic (exact) mass is 496 g/mol. The van der Waals surface area contributed by atoms with Crippen LogP contribution >= 0.6 is 11.3 Å². The molecule has 2 amide bonds. The molecule has 180 valence electrons. The van der Waals surface area contributed by atoms with E-state index < -0.39 is 0 Å². The summed E-state index contributed by atoms with van der Waals surface area (Å²) in [6.45, 7) is 1.96. The van der Waals surface area contributed by atoms with Gasteiger partial charge >= 0.3 is 0 Å². The summed E-state index contributed by atoms with van der Waals surface area (Å²) in [5, 5.41) is 6.66. The molecule has 0 unspecified atom stereocenters. The van der Waals surface area contributed by atoms with E-state index in [1.807, 2.05) is 49.4 Å². The van der Waals surface area contributed by atoms with E-state index in [0.29, 0.717) is 33.6 Å². The Kier molecular flexibility index (Phi) is 6.07. The molecule has 2 aromatic carbocycles. The number of aromatic nitrogens is 3. The van der Waals surface area contributed by atoms with Gasteiger partial charge in [-0.05, 0) is 36.2 Å². The highest BCUT2D eigenvalue weighted by Gasteiger charge is 2.18. The van der Waals surface area contributed by atoms with Gasteiger partial charge in [-0.25, -0.2) is 9.97 Å². The molecule has 0 aliphatic rings. The number of carbonyl (C=O) groups excluding carboxylic acids is 2. The zero-order valence-electron chi connectivity index (χ0n) is 20.1. The van der Waals surface area contributed by atoms with E-state index in [9.17, 15) is 9.59 Å². The normalized spacial score (nSPS) is 11.1. The molecule has 3 N–H and O–H groups in total. The molecule has 0 aliphatic heterocycles. The molecule has 0 saturated heterocycles. The molecule has 5 rings (SSSR count). The molecule has 0 bridgehead atoms. The molecule has 36 heavy (non-hydrogen) atoms. The first-order valence-corrected chi connectivity index (χ1v) is 12.2. The maximum atomic E-state index is 13.3. The molecule has 3 aromatic heterocycles. The van der Waals surface area contributed by atoms with Crippen molar-refractivity contribution in [3.05, 3.63) is 88.3 Å². The molecule has 0 saturated carbocycles. The van der Waals surface area contributed by atoms with Crippen LogP contribution in [0.15, 0.2) is 60.4 Å². The van der Waals surface area contributed by atoms with Crippen LogP contribution < -0.4 is 11.1 Å². The smallest absolute Gasteiger partial charge is 0.258 e. The van der Waals surface area contributed by atoms with Crippen LogP contribution in [-0.2, 0) is 6.42 Å². The Bertz CT molecular complexity index is 1640. The fourth-order valence-electron chi connectivity index (χ4n) is 4.21. The Morgan fingerprint density at radius 3 is 2.69 bits per heavy atom. The molecule has 9 heteroatoms. The third-order valence-corrected chi connectivity index (χ3v) is 7.04. The van der Waals surface area contributed by atoms with Gasteiger partial charge in [0.2, 0.25) is 0 Å². The quantitative estimate of drug-likeness (QED) is 0.365. The topological polar surface area (TPSA) is 114 Å². The zero-order chi connectivity index (χ0) is 25.4. The van der Waals surface area contributed by atoms with Crippen molar-refractivity contribution in [2.45, 2.75) is 13.3 Å². The number of aryl methyl sites for hydroxylation is 1. The van der Waals surface area contributed by atoms with Gasteiger partial charge in [0.25, 0.3) is 11.8 Å². The molecule has 0 aliphatic carbocycles. The Morgan fingerprint density at radius 1 is 1.06 bits per heavy atom. The van der Waals surface area contributed by atoms with Gasteiger partial charge in [0.1, 0.15) is 12.1 Å². The second-order valence-electron chi connectivity index (χ2n) is 8.73. The van der Waals surface area contributed by atoms with Crippen molar-refractivity contribution in [1.29, 1.82) is 0 Å². The first-order chi connectivity index (χ1) is 17.3. The van der Waals surface area contributed by atoms with Gasteiger partial charge < -0.3 is 16.0 Å². The Labute approximate surface area is 211 Å². The van der Waals surface area contributed by atoms with Gasteiger partial charge in [-0.1, -0.05) is 24.3 Å². The first-order valence-electron chi connectivity index (χ1n) is 11.3. The van der Waals surface area contributed by atoms with Crippen molar-refractivity contribution in [3.63, 3.8) is 0 Å². The molecule has 8 nitrogen and oxygen atoms in total. The van der Waals surface area contributed by atoms with Crippen molar-refractivity contribution in [1.82, 2.24) is 19.9 Å². The van der Waals surface area contributed by atoms with Crippen molar-refractivity contribution in [3.8, 4) is 0 Å². The predicted octanol–water partition coefficient (Wildman–Crippen LogP) is 4.68. The number of benzene rings is 2. The van der Waals surface area contributed by atoms with Crippen LogP contribution in [0.4, 0.5) is 11.5 Å². The van der Waals surface area contributed by atoms with Gasteiger partial charge in [-0.2, -0.15) is 0 Å². The second-order valence-corrected chi connectivity index (χ2v) is 9.61. The minimum atomic E-state index is -0.261. The van der Waals surface area contributed by atoms with Crippen molar-refractivity contribution >= 4 is 55.6 Å². The van der Waals surface area contributed by atoms with Crippen LogP contribution in [-0.4, -0.2) is 45.8 Å². The summed E-state index contributed by atoms with van der Waals surface area (Å²) in [5.41, 5.74) is 11.1. The summed E-state index contributed by atoms with van der Waals surface area (Å²) in [5.74, 6) is 0.0528. The third-order valence-electron chi connectivity index (χ3n) is 6.05. The van der Waals surface area contributed by atoms with Gasteiger partial charge in [-0.15, -0.1) is 11.3 Å². The molecule has 0 fully saturated rings. The number of thiophene rings is 1. The summed E-state index contributed by atoms with van der Waals surface area (Å²) in [7, 11) is 3.47. The summed E-state index contributed by atoms with van der Waals surface area (Å²) in [4.78, 5) is 40.1. The largest absolute Gasteiger partial charge is 0.382 e. The number of anilines is 2. The molecule has 0 radical (unpaired) electrons. The average Bonchev–Trinajstić information content (AvgIpc) is 3.31. The summed E-state index contributed by atoms with van der Waals surface area (Å²) in [6, 6.07) is 13.5. The highest BCUT2D eigenvalue weighted by molar-refractivity contribution is 7.18. The van der Waals surface area contributed by atoms with E-state index >= 15 is 0 Å². The molecule has 0 atom stereocenters. The lowest BCUT2D eigenvalue weighted by Crippen LogP contribution is -2.21. The number of pyridine rings is 1. The van der Waals surface area contributed by atoms with Gasteiger partial charge in [0.15, 0.2) is 0 Å². The number of carbonyl (C=O) groups is 2. The maximum Gasteiger partial charge on any atom is 0.258 e. The van der Waals surface area contributed by atoms with Gasteiger partial charge in [0, 0.05) is 48.4 Å². The summed E-state index contributed by atoms with van der Waals surface area (Å²) >= 11 is 1.35. The Morgan fingerprint density at radius 2 is 1.89 bits per heavy atom. The fourth-order valence-corrected chi connectivity index (χ4v) is 5.11. The number of amides is 2. The lowest BCUT2D eigenvalue weighted by atomic mass is 9.99. The zero-order valence-corrected chi connectivity index (χ0v) is 20.9. The average molecular weight is 497 g/mol. The number of nitrogens with two attached hydrogens (primary N) is 1. The maximum absolute atomic E-state index is 13.3. The fraction of sp³-hybridized carbons (Fsp3) is 0.148. The minimum Gasteiger partial charge on any atom is -0.382 e. The highest BCUT2D eigenvalue weighted by atomic mass is 32.1. The highest BCUT2D eigenvalue weighted by Crippen LogP contribution is 2.32. The van der Waals surface area contributed by atoms with E-state index in [2.05, 4.69) is 20.3 Å². The van der Waals surface area contributed by atoms with Gasteiger partial charge in [-0.3, -0.25) is 14.6 Å². The standard InChI is InChI=1S/C27H24N6O2S/c1-15-7-8-18-19(22(15)32-26(34)20-13-36-24-23(20)30-14-31-25(24)28)9-10-29-21(18)12-16-5-4-6-17(11-16)27(35)33(2)3/h4-11,13-14H,12H2,1-3H3,(H,32,34)(H2,28,30,31). The molecule has 3 heterocycles. The number of rotatable bonds is 5. The van der Waals surface area contributed by atoms with E-state index in [1.54, 1.807) is 30.6 Å². The van der Waals surface area contributed by atoms with E-state index in [1.165, 1.54) is 17.7 Å². The van der Waals surface area contributed by atoms with Crippen molar-refractivity contribution in [2.75, 3.05) is 25.1 Å². The van der Waals surface area contributed by atoms with E-state index in [4.69, 9.17) is 5.73 Å². The molecular formula is C27H24N6O2S. The number of nitrogens with one attached hydrogen (secondary N) is 1. The Hall–Kier alpha value is -4.37. The van der Waals surface area contributed by atoms with Crippen LogP contribution in [0.1, 0.15) is 37.5 Å². The minimum absolute atomic E-state index is 0.0451. The summed E-state index contributed by atoms with van der Waals surface area (Å²) in [6.07, 6.45) is 3.66. The van der Waals surface area contributed by atoms with Crippen LogP contribution in [0.3, 0.4) is 0 Å².